The molecular formula is C24H26N4O5S2. The number of amides is 1. The first-order valence-electron chi connectivity index (χ1n) is 10.6. The topological polar surface area (TPSA) is 122 Å². The average molecular weight is 515 g/mol. The molecule has 3 aromatic rings. The minimum absolute atomic E-state index is 0.0462. The van der Waals surface area contributed by atoms with Crippen LogP contribution in [0.2, 0.25) is 0 Å². The molecule has 1 N–H and O–H groups in total. The van der Waals surface area contributed by atoms with Crippen LogP contribution in [0.3, 0.4) is 0 Å². The van der Waals surface area contributed by atoms with E-state index >= 15 is 0 Å². The average Bonchev–Trinajstić information content (AvgIpc) is 3.19. The molecule has 1 aromatic heterocycles. The zero-order valence-corrected chi connectivity index (χ0v) is 21.4. The van der Waals surface area contributed by atoms with Crippen LogP contribution in [0.5, 0.6) is 5.75 Å². The van der Waals surface area contributed by atoms with E-state index in [2.05, 4.69) is 11.1 Å². The maximum absolute atomic E-state index is 12.4. The summed E-state index contributed by atoms with van der Waals surface area (Å²) in [7, 11) is -2.10. The van der Waals surface area contributed by atoms with Crippen molar-refractivity contribution in [1.82, 2.24) is 9.71 Å². The van der Waals surface area contributed by atoms with Crippen molar-refractivity contribution in [3.05, 3.63) is 70.2 Å². The molecule has 0 aliphatic heterocycles. The van der Waals surface area contributed by atoms with Gasteiger partial charge in [0.1, 0.15) is 17.5 Å². The number of aromatic nitrogens is 1. The van der Waals surface area contributed by atoms with Crippen molar-refractivity contribution in [3.63, 3.8) is 0 Å². The highest BCUT2D eigenvalue weighted by molar-refractivity contribution is 7.89. The Morgan fingerprint density at radius 2 is 1.86 bits per heavy atom. The number of aryl methyl sites for hydroxylation is 1. The van der Waals surface area contributed by atoms with Crippen LogP contribution >= 0.6 is 11.3 Å². The first-order chi connectivity index (χ1) is 16.6. The van der Waals surface area contributed by atoms with E-state index in [0.29, 0.717) is 34.5 Å². The molecule has 0 fully saturated rings. The normalized spacial score (nSPS) is 12.0. The smallest absolute Gasteiger partial charge is 0.284 e. The Morgan fingerprint density at radius 1 is 1.20 bits per heavy atom. The van der Waals surface area contributed by atoms with Gasteiger partial charge in [-0.25, -0.2) is 18.1 Å². The van der Waals surface area contributed by atoms with Gasteiger partial charge in [0.25, 0.3) is 5.91 Å². The number of anilines is 2. The molecule has 35 heavy (non-hydrogen) atoms. The van der Waals surface area contributed by atoms with Gasteiger partial charge in [0.15, 0.2) is 5.13 Å². The predicted molar refractivity (Wildman–Crippen MR) is 135 cm³/mol. The monoisotopic (exact) mass is 514 g/mol. The molecule has 0 bridgehead atoms. The quantitative estimate of drug-likeness (QED) is 0.434. The fourth-order valence-corrected chi connectivity index (χ4v) is 4.63. The Bertz CT molecular complexity index is 1310. The second kappa shape index (κ2) is 11.3. The maximum Gasteiger partial charge on any atom is 0.284 e. The SMILES string of the molecule is COC[C@H](C)Oc1ccc(CN(c2ccc(C#N)cc2)c2nc(C(=O)NS(C)(=O)=O)c(C)s2)cc1. The molecule has 1 amide bonds. The third-order valence-electron chi connectivity index (χ3n) is 4.82. The summed E-state index contributed by atoms with van der Waals surface area (Å²) >= 11 is 1.27. The number of carbonyl (C=O) groups excluding carboxylic acids is 1. The second-order valence-corrected chi connectivity index (χ2v) is 10.8. The van der Waals surface area contributed by atoms with Crippen LogP contribution in [0.15, 0.2) is 48.5 Å². The summed E-state index contributed by atoms with van der Waals surface area (Å²) in [4.78, 5) is 19.4. The van der Waals surface area contributed by atoms with Gasteiger partial charge in [-0.2, -0.15) is 5.26 Å². The summed E-state index contributed by atoms with van der Waals surface area (Å²) in [5.41, 5.74) is 2.28. The zero-order valence-electron chi connectivity index (χ0n) is 19.8. The van der Waals surface area contributed by atoms with Crippen LogP contribution < -0.4 is 14.4 Å². The summed E-state index contributed by atoms with van der Waals surface area (Å²) in [5, 5.41) is 9.66. The number of nitrogens with zero attached hydrogens (tertiary/aromatic N) is 3. The summed E-state index contributed by atoms with van der Waals surface area (Å²) in [6, 6.07) is 16.7. The highest BCUT2D eigenvalue weighted by Gasteiger charge is 2.22. The fraction of sp³-hybridized carbons (Fsp3) is 0.292. The molecule has 3 rings (SSSR count). The first kappa shape index (κ1) is 26.2. The van der Waals surface area contributed by atoms with Gasteiger partial charge in [-0.1, -0.05) is 12.1 Å². The molecule has 0 spiro atoms. The third kappa shape index (κ3) is 7.26. The minimum Gasteiger partial charge on any atom is -0.488 e. The second-order valence-electron chi connectivity index (χ2n) is 7.88. The number of hydrogen-bond donors (Lipinski definition) is 1. The number of ether oxygens (including phenoxy) is 2. The van der Waals surface area contributed by atoms with E-state index in [-0.39, 0.29) is 11.8 Å². The van der Waals surface area contributed by atoms with E-state index in [1.165, 1.54) is 11.3 Å². The summed E-state index contributed by atoms with van der Waals surface area (Å²) in [6.45, 7) is 4.53. The standard InChI is InChI=1S/C24H26N4O5S2/c1-16(15-32-3)33-21-11-7-19(8-12-21)14-28(20-9-5-18(13-25)6-10-20)24-26-22(17(2)34-24)23(29)27-35(4,30)31/h5-12,16H,14-15H2,1-4H3,(H,27,29)/t16-/m0/s1. The molecule has 1 heterocycles. The molecule has 184 valence electrons. The lowest BCUT2D eigenvalue weighted by Gasteiger charge is -2.22. The molecule has 0 saturated carbocycles. The van der Waals surface area contributed by atoms with Crippen molar-refractivity contribution >= 4 is 38.1 Å². The highest BCUT2D eigenvalue weighted by Crippen LogP contribution is 2.33. The zero-order chi connectivity index (χ0) is 25.6. The number of nitrogens with one attached hydrogen (secondary N) is 1. The highest BCUT2D eigenvalue weighted by atomic mass is 32.2. The summed E-state index contributed by atoms with van der Waals surface area (Å²) in [6.07, 6.45) is 0.829. The molecule has 0 saturated heterocycles. The van der Waals surface area contributed by atoms with Crippen molar-refractivity contribution < 1.29 is 22.7 Å². The molecular weight excluding hydrogens is 488 g/mol. The van der Waals surface area contributed by atoms with Crippen molar-refractivity contribution in [1.29, 1.82) is 5.26 Å². The molecule has 11 heteroatoms. The van der Waals surface area contributed by atoms with E-state index in [9.17, 15) is 13.2 Å². The van der Waals surface area contributed by atoms with E-state index in [4.69, 9.17) is 14.7 Å². The van der Waals surface area contributed by atoms with E-state index in [1.807, 2.05) is 40.8 Å². The maximum atomic E-state index is 12.4. The molecule has 0 aliphatic carbocycles. The lowest BCUT2D eigenvalue weighted by molar-refractivity contribution is 0.0921. The number of rotatable bonds is 10. The van der Waals surface area contributed by atoms with Gasteiger partial charge in [0.2, 0.25) is 10.0 Å². The van der Waals surface area contributed by atoms with Crippen LogP contribution in [-0.4, -0.2) is 45.4 Å². The summed E-state index contributed by atoms with van der Waals surface area (Å²) < 4.78 is 35.9. The first-order valence-corrected chi connectivity index (χ1v) is 13.3. The number of thiazole rings is 1. The predicted octanol–water partition coefficient (Wildman–Crippen LogP) is 3.76. The van der Waals surface area contributed by atoms with Crippen LogP contribution in [-0.2, 0) is 21.3 Å². The van der Waals surface area contributed by atoms with Crippen LogP contribution in [0.4, 0.5) is 10.8 Å². The van der Waals surface area contributed by atoms with Crippen LogP contribution in [0.25, 0.3) is 0 Å². The van der Waals surface area contributed by atoms with Gasteiger partial charge in [-0.3, -0.25) is 4.79 Å². The number of methoxy groups -OCH3 is 1. The Labute approximate surface area is 209 Å². The largest absolute Gasteiger partial charge is 0.488 e. The molecule has 0 aliphatic rings. The van der Waals surface area contributed by atoms with Gasteiger partial charge in [0.05, 0.1) is 31.0 Å². The number of carbonyl (C=O) groups is 1. The van der Waals surface area contributed by atoms with Crippen molar-refractivity contribution in [2.45, 2.75) is 26.5 Å². The van der Waals surface area contributed by atoms with Crippen LogP contribution in [0, 0.1) is 18.3 Å². The fourth-order valence-electron chi connectivity index (χ4n) is 3.27. The number of benzene rings is 2. The number of hydrogen-bond acceptors (Lipinski definition) is 9. The van der Waals surface area contributed by atoms with Gasteiger partial charge in [-0.15, -0.1) is 11.3 Å². The third-order valence-corrected chi connectivity index (χ3v) is 6.37. The van der Waals surface area contributed by atoms with E-state index < -0.39 is 15.9 Å². The summed E-state index contributed by atoms with van der Waals surface area (Å²) in [5.74, 6) is -0.0630. The van der Waals surface area contributed by atoms with Crippen LogP contribution in [0.1, 0.15) is 33.4 Å². The van der Waals surface area contributed by atoms with Gasteiger partial charge in [0, 0.05) is 17.7 Å². The number of sulfonamides is 1. The Balaban J connectivity index is 1.92. The van der Waals surface area contributed by atoms with E-state index in [1.54, 1.807) is 38.3 Å². The molecule has 0 radical (unpaired) electrons. The molecule has 1 atom stereocenters. The van der Waals surface area contributed by atoms with Crippen molar-refractivity contribution in [3.8, 4) is 11.8 Å². The molecule has 9 nitrogen and oxygen atoms in total. The lowest BCUT2D eigenvalue weighted by atomic mass is 10.1. The van der Waals surface area contributed by atoms with Crippen molar-refractivity contribution in [2.75, 3.05) is 24.9 Å². The van der Waals surface area contributed by atoms with Gasteiger partial charge in [-0.05, 0) is 55.8 Å². The molecule has 0 unspecified atom stereocenters. The van der Waals surface area contributed by atoms with Crippen molar-refractivity contribution in [2.24, 2.45) is 0 Å². The lowest BCUT2D eigenvalue weighted by Crippen LogP contribution is -2.30. The Kier molecular flexibility index (Phi) is 8.45. The molecule has 2 aromatic carbocycles. The minimum atomic E-state index is -3.72. The Hall–Kier alpha value is -3.46. The number of nitriles is 1. The van der Waals surface area contributed by atoms with Gasteiger partial charge >= 0.3 is 0 Å². The Morgan fingerprint density at radius 3 is 2.43 bits per heavy atom. The van der Waals surface area contributed by atoms with E-state index in [0.717, 1.165) is 17.5 Å². The van der Waals surface area contributed by atoms with Gasteiger partial charge < -0.3 is 14.4 Å².